The Labute approximate surface area is 211 Å². The van der Waals surface area contributed by atoms with Crippen LogP contribution in [0.25, 0.3) is 6.08 Å². The summed E-state index contributed by atoms with van der Waals surface area (Å²) in [5.41, 5.74) is 1.91. The van der Waals surface area contributed by atoms with E-state index in [2.05, 4.69) is 4.99 Å². The second-order valence-electron chi connectivity index (χ2n) is 8.43. The van der Waals surface area contributed by atoms with Gasteiger partial charge in [0.25, 0.3) is 5.56 Å². The summed E-state index contributed by atoms with van der Waals surface area (Å²) in [5, 5.41) is 9.14. The van der Waals surface area contributed by atoms with Crippen LogP contribution >= 0.6 is 11.3 Å². The number of carbonyl (C=O) groups excluding carboxylic acids is 1. The average molecular weight is 507 g/mol. The molecule has 4 rings (SSSR count). The molecule has 9 heteroatoms. The highest BCUT2D eigenvalue weighted by atomic mass is 32.1. The van der Waals surface area contributed by atoms with Crippen molar-refractivity contribution in [3.05, 3.63) is 96.2 Å². The Morgan fingerprint density at radius 2 is 1.86 bits per heavy atom. The lowest BCUT2D eigenvalue weighted by Crippen LogP contribution is -2.40. The number of fused-ring (bicyclic) bond motifs is 1. The maximum absolute atomic E-state index is 13.7. The summed E-state index contributed by atoms with van der Waals surface area (Å²) < 4.78 is 13.3. The number of aromatic nitrogens is 1. The lowest BCUT2D eigenvalue weighted by Gasteiger charge is -2.26. The van der Waals surface area contributed by atoms with Gasteiger partial charge in [-0.1, -0.05) is 41.7 Å². The maximum atomic E-state index is 13.7. The Bertz CT molecular complexity index is 1530. The third kappa shape index (κ3) is 4.87. The number of allylic oxidation sites excluding steroid dienone is 1. The molecule has 1 N–H and O–H groups in total. The number of hydrogen-bond acceptors (Lipinski definition) is 7. The molecule has 0 aliphatic carbocycles. The van der Waals surface area contributed by atoms with E-state index < -0.39 is 18.0 Å². The van der Waals surface area contributed by atoms with Crippen molar-refractivity contribution in [3.63, 3.8) is 0 Å². The van der Waals surface area contributed by atoms with Crippen LogP contribution < -0.4 is 19.6 Å². The van der Waals surface area contributed by atoms with Crippen molar-refractivity contribution >= 4 is 29.4 Å². The molecule has 1 aromatic heterocycles. The monoisotopic (exact) mass is 506 g/mol. The van der Waals surface area contributed by atoms with E-state index in [1.165, 1.54) is 28.0 Å². The Morgan fingerprint density at radius 3 is 2.50 bits per heavy atom. The summed E-state index contributed by atoms with van der Waals surface area (Å²) in [4.78, 5) is 43.0. The predicted molar refractivity (Wildman–Crippen MR) is 136 cm³/mol. The SMILES string of the molecule is CCOC(=O)C1=C(C)N=c2s/c(=C\c3ccc(C(=O)O)cc3)c(=O)n2C1c1ccccc1OC(C)C. The van der Waals surface area contributed by atoms with Crippen molar-refractivity contribution in [3.8, 4) is 5.75 Å². The first-order valence-corrected chi connectivity index (χ1v) is 12.3. The number of benzene rings is 2. The van der Waals surface area contributed by atoms with Crippen LogP contribution in [-0.4, -0.2) is 34.3 Å². The summed E-state index contributed by atoms with van der Waals surface area (Å²) in [6.07, 6.45) is 1.57. The van der Waals surface area contributed by atoms with E-state index in [4.69, 9.17) is 14.6 Å². The van der Waals surface area contributed by atoms with Crippen LogP contribution in [0.15, 0.2) is 69.6 Å². The number of aromatic carboxylic acids is 1. The van der Waals surface area contributed by atoms with Crippen LogP contribution in [0.3, 0.4) is 0 Å². The number of ether oxygens (including phenoxy) is 2. The van der Waals surface area contributed by atoms with Crippen LogP contribution in [0.5, 0.6) is 5.75 Å². The fourth-order valence-corrected chi connectivity index (χ4v) is 5.07. The molecule has 0 saturated carbocycles. The molecule has 0 fully saturated rings. The third-order valence-electron chi connectivity index (χ3n) is 5.55. The van der Waals surface area contributed by atoms with Gasteiger partial charge in [-0.3, -0.25) is 9.36 Å². The van der Waals surface area contributed by atoms with Crippen molar-refractivity contribution < 1.29 is 24.2 Å². The van der Waals surface area contributed by atoms with Gasteiger partial charge in [-0.25, -0.2) is 14.6 Å². The van der Waals surface area contributed by atoms with E-state index in [1.54, 1.807) is 32.1 Å². The number of esters is 1. The summed E-state index contributed by atoms with van der Waals surface area (Å²) in [5.74, 6) is -1.00. The van der Waals surface area contributed by atoms with Crippen LogP contribution in [-0.2, 0) is 9.53 Å². The molecule has 1 unspecified atom stereocenters. The van der Waals surface area contributed by atoms with Crippen molar-refractivity contribution in [1.82, 2.24) is 4.57 Å². The minimum atomic E-state index is -1.02. The van der Waals surface area contributed by atoms with E-state index in [0.29, 0.717) is 31.9 Å². The van der Waals surface area contributed by atoms with Gasteiger partial charge in [-0.2, -0.15) is 0 Å². The van der Waals surface area contributed by atoms with Gasteiger partial charge in [0.1, 0.15) is 11.8 Å². The second kappa shape index (κ2) is 10.3. The average Bonchev–Trinajstić information content (AvgIpc) is 3.13. The highest BCUT2D eigenvalue weighted by Gasteiger charge is 2.35. The molecule has 3 aromatic rings. The molecule has 186 valence electrons. The Morgan fingerprint density at radius 1 is 1.17 bits per heavy atom. The van der Waals surface area contributed by atoms with E-state index in [0.717, 1.165) is 0 Å². The maximum Gasteiger partial charge on any atom is 0.338 e. The second-order valence-corrected chi connectivity index (χ2v) is 9.44. The van der Waals surface area contributed by atoms with E-state index in [9.17, 15) is 14.4 Å². The van der Waals surface area contributed by atoms with Gasteiger partial charge in [0.05, 0.1) is 34.1 Å². The highest BCUT2D eigenvalue weighted by Crippen LogP contribution is 2.36. The van der Waals surface area contributed by atoms with Crippen molar-refractivity contribution in [1.29, 1.82) is 0 Å². The Kier molecular flexibility index (Phi) is 7.21. The van der Waals surface area contributed by atoms with Crippen LogP contribution in [0.1, 0.15) is 55.2 Å². The first kappa shape index (κ1) is 25.1. The summed E-state index contributed by atoms with van der Waals surface area (Å²) in [6, 6.07) is 12.8. The topological polar surface area (TPSA) is 107 Å². The van der Waals surface area contributed by atoms with Crippen molar-refractivity contribution in [2.45, 2.75) is 39.8 Å². The standard InChI is InChI=1S/C27H26N2O6S/c1-5-34-26(33)22-16(4)28-27-29(23(22)19-8-6-7-9-20(19)35-15(2)3)24(30)21(36-27)14-17-10-12-18(13-11-17)25(31)32/h6-15,23H,5H2,1-4H3,(H,31,32)/b21-14-. The molecule has 0 radical (unpaired) electrons. The minimum absolute atomic E-state index is 0.119. The molecular formula is C27H26N2O6S. The smallest absolute Gasteiger partial charge is 0.338 e. The van der Waals surface area contributed by atoms with Gasteiger partial charge in [0.2, 0.25) is 0 Å². The van der Waals surface area contributed by atoms with Gasteiger partial charge in [-0.15, -0.1) is 0 Å². The molecule has 2 aromatic carbocycles. The van der Waals surface area contributed by atoms with Crippen LogP contribution in [0, 0.1) is 0 Å². The third-order valence-corrected chi connectivity index (χ3v) is 6.53. The lowest BCUT2D eigenvalue weighted by molar-refractivity contribution is -0.139. The Hall–Kier alpha value is -3.98. The first-order valence-electron chi connectivity index (χ1n) is 11.5. The lowest BCUT2D eigenvalue weighted by atomic mass is 9.95. The fraction of sp³-hybridized carbons (Fsp3) is 0.259. The fourth-order valence-electron chi connectivity index (χ4n) is 4.03. The van der Waals surface area contributed by atoms with Gasteiger partial charge >= 0.3 is 11.9 Å². The number of carboxylic acids is 1. The molecule has 0 amide bonds. The van der Waals surface area contributed by atoms with Gasteiger partial charge in [-0.05, 0) is 57.5 Å². The highest BCUT2D eigenvalue weighted by molar-refractivity contribution is 7.07. The van der Waals surface area contributed by atoms with Gasteiger partial charge in [0.15, 0.2) is 4.80 Å². The van der Waals surface area contributed by atoms with Crippen molar-refractivity contribution in [2.24, 2.45) is 4.99 Å². The number of para-hydroxylation sites is 1. The molecule has 0 spiro atoms. The molecule has 0 bridgehead atoms. The number of thiazole rings is 1. The summed E-state index contributed by atoms with van der Waals surface area (Å²) in [6.45, 7) is 7.45. The number of hydrogen-bond donors (Lipinski definition) is 1. The zero-order valence-electron chi connectivity index (χ0n) is 20.3. The molecule has 1 aliphatic rings. The molecule has 8 nitrogen and oxygen atoms in total. The van der Waals surface area contributed by atoms with E-state index >= 15 is 0 Å². The normalized spacial score (nSPS) is 15.5. The predicted octanol–water partition coefficient (Wildman–Crippen LogP) is 3.28. The first-order chi connectivity index (χ1) is 17.2. The summed E-state index contributed by atoms with van der Waals surface area (Å²) >= 11 is 1.20. The van der Waals surface area contributed by atoms with E-state index in [-0.39, 0.29) is 29.4 Å². The molecular weight excluding hydrogens is 480 g/mol. The number of rotatable bonds is 7. The molecule has 1 aliphatic heterocycles. The number of carbonyl (C=O) groups is 2. The number of carboxylic acid groups (broad SMARTS) is 1. The van der Waals surface area contributed by atoms with Gasteiger partial charge in [0, 0.05) is 5.56 Å². The largest absolute Gasteiger partial charge is 0.491 e. The minimum Gasteiger partial charge on any atom is -0.491 e. The van der Waals surface area contributed by atoms with Crippen LogP contribution in [0.2, 0.25) is 0 Å². The molecule has 36 heavy (non-hydrogen) atoms. The number of nitrogens with zero attached hydrogens (tertiary/aromatic N) is 2. The zero-order chi connectivity index (χ0) is 26.0. The van der Waals surface area contributed by atoms with E-state index in [1.807, 2.05) is 38.1 Å². The van der Waals surface area contributed by atoms with Crippen molar-refractivity contribution in [2.75, 3.05) is 6.61 Å². The van der Waals surface area contributed by atoms with Gasteiger partial charge < -0.3 is 14.6 Å². The zero-order valence-corrected chi connectivity index (χ0v) is 21.2. The van der Waals surface area contributed by atoms with Crippen LogP contribution in [0.4, 0.5) is 0 Å². The quantitative estimate of drug-likeness (QED) is 0.493. The summed E-state index contributed by atoms with van der Waals surface area (Å²) in [7, 11) is 0. The molecule has 1 atom stereocenters. The molecule has 2 heterocycles. The molecule has 0 saturated heterocycles. The Balaban J connectivity index is 1.94.